The Balaban J connectivity index is 2.55. The van der Waals surface area contributed by atoms with E-state index < -0.39 is 6.10 Å². The number of benzene rings is 2. The van der Waals surface area contributed by atoms with Crippen molar-refractivity contribution in [1.29, 1.82) is 0 Å². The summed E-state index contributed by atoms with van der Waals surface area (Å²) in [6.45, 7) is 0. The van der Waals surface area contributed by atoms with Crippen LogP contribution in [-0.2, 0) is 0 Å². The standard InChI is InChI=1S/C15H13Br2ClO3/c1-20-12-6-4-9(15(21-2)13(12)17)14(19)10-7-8(16)3-5-11(10)18/h3-7,14,19H,1-2H3. The van der Waals surface area contributed by atoms with Gasteiger partial charge in [0.15, 0.2) is 0 Å². The zero-order valence-corrected chi connectivity index (χ0v) is 15.3. The zero-order chi connectivity index (χ0) is 15.6. The van der Waals surface area contributed by atoms with Crippen LogP contribution in [0.4, 0.5) is 0 Å². The molecule has 0 saturated carbocycles. The maximum atomic E-state index is 10.7. The normalized spacial score (nSPS) is 12.1. The Morgan fingerprint density at radius 3 is 2.38 bits per heavy atom. The zero-order valence-electron chi connectivity index (χ0n) is 11.4. The highest BCUT2D eigenvalue weighted by Crippen LogP contribution is 2.42. The van der Waals surface area contributed by atoms with E-state index in [9.17, 15) is 5.11 Å². The highest BCUT2D eigenvalue weighted by atomic mass is 79.9. The number of rotatable bonds is 4. The topological polar surface area (TPSA) is 38.7 Å². The third kappa shape index (κ3) is 3.37. The van der Waals surface area contributed by atoms with Crippen molar-refractivity contribution in [3.05, 3.63) is 55.4 Å². The summed E-state index contributed by atoms with van der Waals surface area (Å²) in [6, 6.07) is 8.85. The van der Waals surface area contributed by atoms with E-state index in [0.29, 0.717) is 32.1 Å². The minimum Gasteiger partial charge on any atom is -0.495 e. The van der Waals surface area contributed by atoms with Crippen LogP contribution in [0.15, 0.2) is 39.3 Å². The molecule has 0 spiro atoms. The van der Waals surface area contributed by atoms with E-state index in [1.165, 1.54) is 7.11 Å². The van der Waals surface area contributed by atoms with Crippen molar-refractivity contribution in [2.75, 3.05) is 14.2 Å². The van der Waals surface area contributed by atoms with Gasteiger partial charge in [0.05, 0.1) is 14.2 Å². The molecule has 112 valence electrons. The van der Waals surface area contributed by atoms with Crippen LogP contribution in [0.5, 0.6) is 11.5 Å². The Morgan fingerprint density at radius 1 is 1.05 bits per heavy atom. The van der Waals surface area contributed by atoms with Gasteiger partial charge < -0.3 is 14.6 Å². The summed E-state index contributed by atoms with van der Waals surface area (Å²) in [5.74, 6) is 1.14. The molecule has 2 aromatic carbocycles. The second-order valence-electron chi connectivity index (χ2n) is 4.27. The smallest absolute Gasteiger partial charge is 0.142 e. The number of aliphatic hydroxyl groups excluding tert-OH is 1. The van der Waals surface area contributed by atoms with Gasteiger partial charge >= 0.3 is 0 Å². The Hall–Kier alpha value is -0.750. The summed E-state index contributed by atoms with van der Waals surface area (Å²) >= 11 is 13.0. The Bertz CT molecular complexity index is 662. The van der Waals surface area contributed by atoms with E-state index in [4.69, 9.17) is 21.1 Å². The van der Waals surface area contributed by atoms with Crippen molar-refractivity contribution >= 4 is 43.5 Å². The van der Waals surface area contributed by atoms with Crippen molar-refractivity contribution in [3.63, 3.8) is 0 Å². The Kier molecular flexibility index (Phi) is 5.54. The number of methoxy groups -OCH3 is 2. The third-order valence-electron chi connectivity index (χ3n) is 3.06. The van der Waals surface area contributed by atoms with Crippen LogP contribution in [0.1, 0.15) is 17.2 Å². The summed E-state index contributed by atoms with van der Waals surface area (Å²) in [6.07, 6.45) is -0.910. The Morgan fingerprint density at radius 2 is 1.76 bits per heavy atom. The van der Waals surface area contributed by atoms with Crippen LogP contribution >= 0.6 is 43.5 Å². The summed E-state index contributed by atoms with van der Waals surface area (Å²) in [4.78, 5) is 0. The van der Waals surface area contributed by atoms with Crippen molar-refractivity contribution in [2.45, 2.75) is 6.10 Å². The largest absolute Gasteiger partial charge is 0.495 e. The predicted molar refractivity (Wildman–Crippen MR) is 90.5 cm³/mol. The van der Waals surface area contributed by atoms with Crippen molar-refractivity contribution in [1.82, 2.24) is 0 Å². The van der Waals surface area contributed by atoms with Gasteiger partial charge in [0, 0.05) is 20.6 Å². The molecular weight excluding hydrogens is 423 g/mol. The fourth-order valence-electron chi connectivity index (χ4n) is 2.03. The van der Waals surface area contributed by atoms with Crippen molar-refractivity contribution in [2.24, 2.45) is 0 Å². The number of halogens is 3. The molecule has 3 nitrogen and oxygen atoms in total. The van der Waals surface area contributed by atoms with Crippen LogP contribution in [-0.4, -0.2) is 19.3 Å². The van der Waals surface area contributed by atoms with E-state index in [1.807, 2.05) is 6.07 Å². The highest BCUT2D eigenvalue weighted by Gasteiger charge is 2.22. The summed E-state index contributed by atoms with van der Waals surface area (Å²) < 4.78 is 12.1. The molecule has 1 unspecified atom stereocenters. The molecule has 0 aliphatic heterocycles. The van der Waals surface area contributed by atoms with Crippen LogP contribution in [0, 0.1) is 0 Å². The van der Waals surface area contributed by atoms with E-state index in [2.05, 4.69) is 31.9 Å². The lowest BCUT2D eigenvalue weighted by Gasteiger charge is -2.19. The van der Waals surface area contributed by atoms with Crippen LogP contribution in [0.3, 0.4) is 0 Å². The number of ether oxygens (including phenoxy) is 2. The second kappa shape index (κ2) is 7.01. The van der Waals surface area contributed by atoms with Gasteiger partial charge in [-0.15, -0.1) is 0 Å². The first kappa shape index (κ1) is 16.6. The van der Waals surface area contributed by atoms with Crippen molar-refractivity contribution in [3.8, 4) is 11.5 Å². The summed E-state index contributed by atoms with van der Waals surface area (Å²) in [5, 5.41) is 11.1. The summed E-state index contributed by atoms with van der Waals surface area (Å²) in [7, 11) is 3.11. The Labute approximate surface area is 145 Å². The van der Waals surface area contributed by atoms with E-state index >= 15 is 0 Å². The quantitative estimate of drug-likeness (QED) is 0.736. The first-order chi connectivity index (χ1) is 9.99. The van der Waals surface area contributed by atoms with Gasteiger partial charge in [0.1, 0.15) is 22.1 Å². The van der Waals surface area contributed by atoms with Gasteiger partial charge in [-0.1, -0.05) is 27.5 Å². The predicted octanol–water partition coefficient (Wildman–Crippen LogP) is 4.96. The molecule has 1 N–H and O–H groups in total. The monoisotopic (exact) mass is 434 g/mol. The molecule has 0 saturated heterocycles. The molecule has 0 aliphatic carbocycles. The van der Waals surface area contributed by atoms with Crippen LogP contribution in [0.2, 0.25) is 5.02 Å². The first-order valence-electron chi connectivity index (χ1n) is 6.03. The van der Waals surface area contributed by atoms with E-state index in [-0.39, 0.29) is 0 Å². The lowest BCUT2D eigenvalue weighted by Crippen LogP contribution is -2.04. The number of aliphatic hydroxyl groups is 1. The average Bonchev–Trinajstić information content (AvgIpc) is 2.48. The molecule has 0 amide bonds. The fourth-order valence-corrected chi connectivity index (χ4v) is 3.31. The van der Waals surface area contributed by atoms with Crippen LogP contribution < -0.4 is 9.47 Å². The number of hydrogen-bond donors (Lipinski definition) is 1. The molecular formula is C15H13Br2ClO3. The number of hydrogen-bond acceptors (Lipinski definition) is 3. The van der Waals surface area contributed by atoms with Gasteiger partial charge in [0.25, 0.3) is 0 Å². The highest BCUT2D eigenvalue weighted by molar-refractivity contribution is 9.11. The van der Waals surface area contributed by atoms with Gasteiger partial charge in [-0.3, -0.25) is 0 Å². The summed E-state index contributed by atoms with van der Waals surface area (Å²) in [5.41, 5.74) is 1.20. The molecule has 2 aromatic rings. The first-order valence-corrected chi connectivity index (χ1v) is 7.99. The molecule has 1 atom stereocenters. The van der Waals surface area contributed by atoms with Gasteiger partial charge in [-0.25, -0.2) is 0 Å². The lowest BCUT2D eigenvalue weighted by molar-refractivity contribution is 0.214. The minimum atomic E-state index is -0.910. The van der Waals surface area contributed by atoms with Crippen molar-refractivity contribution < 1.29 is 14.6 Å². The molecule has 0 radical (unpaired) electrons. The molecule has 0 aliphatic rings. The second-order valence-corrected chi connectivity index (χ2v) is 6.39. The van der Waals surface area contributed by atoms with Gasteiger partial charge in [0.2, 0.25) is 0 Å². The maximum absolute atomic E-state index is 10.7. The molecule has 0 aromatic heterocycles. The van der Waals surface area contributed by atoms with Gasteiger partial charge in [-0.05, 0) is 46.3 Å². The molecule has 0 fully saturated rings. The fraction of sp³-hybridized carbons (Fsp3) is 0.200. The minimum absolute atomic E-state index is 0.486. The SMILES string of the molecule is COc1ccc(C(O)c2cc(Br)ccc2Cl)c(OC)c1Br. The molecule has 6 heteroatoms. The van der Waals surface area contributed by atoms with E-state index in [1.54, 1.807) is 31.4 Å². The molecule has 0 bridgehead atoms. The van der Waals surface area contributed by atoms with Crippen LogP contribution in [0.25, 0.3) is 0 Å². The maximum Gasteiger partial charge on any atom is 0.142 e. The molecule has 0 heterocycles. The molecule has 2 rings (SSSR count). The van der Waals surface area contributed by atoms with E-state index in [0.717, 1.165) is 4.47 Å². The third-order valence-corrected chi connectivity index (χ3v) is 4.65. The lowest BCUT2D eigenvalue weighted by atomic mass is 10.0. The van der Waals surface area contributed by atoms with Gasteiger partial charge in [-0.2, -0.15) is 0 Å². The average molecular weight is 437 g/mol. The molecule has 21 heavy (non-hydrogen) atoms.